The summed E-state index contributed by atoms with van der Waals surface area (Å²) in [6.07, 6.45) is 4.60. The molecule has 9 heteroatoms. The van der Waals surface area contributed by atoms with E-state index in [0.717, 1.165) is 29.1 Å². The van der Waals surface area contributed by atoms with Crippen molar-refractivity contribution in [2.75, 3.05) is 0 Å². The van der Waals surface area contributed by atoms with Crippen LogP contribution in [0.25, 0.3) is 16.9 Å². The number of halogens is 1. The average Bonchev–Trinajstić information content (AvgIpc) is 3.37. The summed E-state index contributed by atoms with van der Waals surface area (Å²) in [5.41, 5.74) is 4.53. The Morgan fingerprint density at radius 3 is 2.49 bits per heavy atom. The Bertz CT molecular complexity index is 1260. The predicted molar refractivity (Wildman–Crippen MR) is 132 cm³/mol. The Kier molecular flexibility index (Phi) is 6.06. The van der Waals surface area contributed by atoms with Crippen molar-refractivity contribution in [3.8, 4) is 16.9 Å². The van der Waals surface area contributed by atoms with Crippen LogP contribution in [0.5, 0.6) is 0 Å². The molecule has 1 spiro atoms. The van der Waals surface area contributed by atoms with Gasteiger partial charge in [0.2, 0.25) is 5.91 Å². The van der Waals surface area contributed by atoms with E-state index in [9.17, 15) is 14.4 Å². The van der Waals surface area contributed by atoms with Crippen molar-refractivity contribution in [1.29, 1.82) is 0 Å². The number of benzene rings is 2. The molecule has 1 saturated carbocycles. The summed E-state index contributed by atoms with van der Waals surface area (Å²) in [5.74, 6) is -0.348. The van der Waals surface area contributed by atoms with Gasteiger partial charge in [-0.25, -0.2) is 9.48 Å². The molecule has 2 aliphatic rings. The number of nitrogens with one attached hydrogen (secondary N) is 2. The Hall–Kier alpha value is -3.65. The number of carbonyl (C=O) groups excluding carboxylic acids is 3. The first-order valence-electron chi connectivity index (χ1n) is 11.7. The number of hydrazine groups is 1. The molecule has 35 heavy (non-hydrogen) atoms. The van der Waals surface area contributed by atoms with E-state index in [1.807, 2.05) is 42.5 Å². The van der Waals surface area contributed by atoms with Crippen LogP contribution in [0.2, 0.25) is 5.02 Å². The summed E-state index contributed by atoms with van der Waals surface area (Å²) in [6, 6.07) is 16.2. The summed E-state index contributed by atoms with van der Waals surface area (Å²) in [5, 5.41) is 8.96. The first-order chi connectivity index (χ1) is 16.8. The van der Waals surface area contributed by atoms with Crippen LogP contribution in [0, 0.1) is 5.92 Å². The highest BCUT2D eigenvalue weighted by Gasteiger charge is 2.52. The number of nitrogens with zero attached hydrogens (tertiary/aromatic N) is 3. The quantitative estimate of drug-likeness (QED) is 0.521. The highest BCUT2D eigenvalue weighted by molar-refractivity contribution is 6.30. The molecule has 2 N–H and O–H groups in total. The van der Waals surface area contributed by atoms with Gasteiger partial charge in [0, 0.05) is 22.3 Å². The van der Waals surface area contributed by atoms with Gasteiger partial charge in [-0.05, 0) is 55.9 Å². The Balaban J connectivity index is 1.38. The summed E-state index contributed by atoms with van der Waals surface area (Å²) < 4.78 is 1.71. The first-order valence-corrected chi connectivity index (χ1v) is 12.1. The smallest absolute Gasteiger partial charge is 0.322 e. The largest absolute Gasteiger partial charge is 0.344 e. The summed E-state index contributed by atoms with van der Waals surface area (Å²) in [7, 11) is 0. The second-order valence-electron chi connectivity index (χ2n) is 9.34. The molecule has 1 aliphatic carbocycles. The van der Waals surface area contributed by atoms with E-state index in [-0.39, 0.29) is 12.3 Å². The normalized spacial score (nSPS) is 21.9. The molecule has 180 valence electrons. The Morgan fingerprint density at radius 1 is 1.11 bits per heavy atom. The molecule has 2 fully saturated rings. The van der Waals surface area contributed by atoms with Crippen molar-refractivity contribution in [3.63, 3.8) is 0 Å². The van der Waals surface area contributed by atoms with Crippen LogP contribution in [0.3, 0.4) is 0 Å². The fraction of sp³-hybridized carbons (Fsp3) is 0.308. The minimum absolute atomic E-state index is 0.0636. The van der Waals surface area contributed by atoms with E-state index in [0.29, 0.717) is 35.0 Å². The van der Waals surface area contributed by atoms with Crippen molar-refractivity contribution in [2.24, 2.45) is 5.92 Å². The molecule has 0 bridgehead atoms. The molecule has 0 unspecified atom stereocenters. The molecule has 1 aromatic heterocycles. The molecule has 1 saturated heterocycles. The third-order valence-electron chi connectivity index (χ3n) is 6.81. The molecule has 2 heterocycles. The van der Waals surface area contributed by atoms with Crippen LogP contribution < -0.4 is 10.7 Å². The third kappa shape index (κ3) is 4.53. The predicted octanol–water partition coefficient (Wildman–Crippen LogP) is 4.27. The van der Waals surface area contributed by atoms with Crippen molar-refractivity contribution in [2.45, 2.75) is 44.6 Å². The number of amides is 4. The molecule has 8 nitrogen and oxygen atoms in total. The van der Waals surface area contributed by atoms with E-state index < -0.39 is 17.5 Å². The number of hydrogen-bond donors (Lipinski definition) is 2. The lowest BCUT2D eigenvalue weighted by Gasteiger charge is -2.33. The van der Waals surface area contributed by atoms with Gasteiger partial charge in [-0.15, -0.1) is 0 Å². The SMILES string of the molecule is CC1CCC2(CC1)NC(=O)N(NC(=O)Cc1cn(-c3ccccc3)nc1-c1ccc(Cl)cc1)C2=O. The molecular weight excluding hydrogens is 466 g/mol. The second-order valence-corrected chi connectivity index (χ2v) is 9.77. The second kappa shape index (κ2) is 9.19. The maximum atomic E-state index is 13.1. The molecule has 0 radical (unpaired) electrons. The van der Waals surface area contributed by atoms with Gasteiger partial charge in [0.1, 0.15) is 5.54 Å². The first kappa shape index (κ1) is 23.1. The van der Waals surface area contributed by atoms with Gasteiger partial charge in [-0.3, -0.25) is 15.0 Å². The standard InChI is InChI=1S/C26H26ClN5O3/c1-17-11-13-26(14-12-17)24(34)32(25(35)28-26)29-22(33)15-19-16-31(21-5-3-2-4-6-21)30-23(19)18-7-9-20(27)10-8-18/h2-10,16-17H,11-15H2,1H3,(H,28,35)(H,29,33). The fourth-order valence-corrected chi connectivity index (χ4v) is 4.88. The number of carbonyl (C=O) groups is 3. The Morgan fingerprint density at radius 2 is 1.80 bits per heavy atom. The lowest BCUT2D eigenvalue weighted by Crippen LogP contribution is -2.51. The van der Waals surface area contributed by atoms with Gasteiger partial charge in [-0.2, -0.15) is 10.1 Å². The fourth-order valence-electron chi connectivity index (χ4n) is 4.76. The van der Waals surface area contributed by atoms with Crippen molar-refractivity contribution in [3.05, 3.63) is 71.4 Å². The zero-order valence-corrected chi connectivity index (χ0v) is 20.1. The number of urea groups is 1. The van der Waals surface area contributed by atoms with E-state index in [1.165, 1.54) is 0 Å². The minimum Gasteiger partial charge on any atom is -0.322 e. The van der Waals surface area contributed by atoms with Crippen LogP contribution in [0.1, 0.15) is 38.2 Å². The topological polar surface area (TPSA) is 96.3 Å². The number of hydrogen-bond acceptors (Lipinski definition) is 4. The lowest BCUT2D eigenvalue weighted by molar-refractivity contribution is -0.139. The van der Waals surface area contributed by atoms with Crippen LogP contribution in [-0.4, -0.2) is 38.2 Å². The van der Waals surface area contributed by atoms with Gasteiger partial charge in [0.05, 0.1) is 17.8 Å². The number of para-hydroxylation sites is 1. The summed E-state index contributed by atoms with van der Waals surface area (Å²) in [6.45, 7) is 2.14. The molecular formula is C26H26ClN5O3. The minimum atomic E-state index is -0.913. The van der Waals surface area contributed by atoms with E-state index in [2.05, 4.69) is 17.7 Å². The zero-order valence-electron chi connectivity index (χ0n) is 19.3. The molecule has 2 aromatic carbocycles. The van der Waals surface area contributed by atoms with Crippen molar-refractivity contribution in [1.82, 2.24) is 25.5 Å². The van der Waals surface area contributed by atoms with Crippen molar-refractivity contribution < 1.29 is 14.4 Å². The number of aromatic nitrogens is 2. The third-order valence-corrected chi connectivity index (χ3v) is 7.06. The van der Waals surface area contributed by atoms with E-state index in [4.69, 9.17) is 16.7 Å². The van der Waals surface area contributed by atoms with Gasteiger partial charge >= 0.3 is 6.03 Å². The lowest BCUT2D eigenvalue weighted by atomic mass is 9.77. The molecule has 0 atom stereocenters. The van der Waals surface area contributed by atoms with Crippen LogP contribution in [0.4, 0.5) is 4.79 Å². The molecule has 5 rings (SSSR count). The maximum Gasteiger partial charge on any atom is 0.344 e. The average molecular weight is 492 g/mol. The van der Waals surface area contributed by atoms with Crippen LogP contribution >= 0.6 is 11.6 Å². The number of rotatable bonds is 5. The number of imide groups is 1. The zero-order chi connectivity index (χ0) is 24.6. The maximum absolute atomic E-state index is 13.1. The van der Waals surface area contributed by atoms with Crippen LogP contribution in [0.15, 0.2) is 60.8 Å². The molecule has 4 amide bonds. The van der Waals surface area contributed by atoms with Crippen molar-refractivity contribution >= 4 is 29.4 Å². The van der Waals surface area contributed by atoms with Gasteiger partial charge in [-0.1, -0.05) is 48.9 Å². The molecule has 1 aliphatic heterocycles. The monoisotopic (exact) mass is 491 g/mol. The van der Waals surface area contributed by atoms with E-state index >= 15 is 0 Å². The summed E-state index contributed by atoms with van der Waals surface area (Å²) in [4.78, 5) is 38.7. The summed E-state index contributed by atoms with van der Waals surface area (Å²) >= 11 is 6.05. The van der Waals surface area contributed by atoms with Gasteiger partial charge in [0.15, 0.2) is 0 Å². The molecule has 3 aromatic rings. The Labute approximate surface area is 208 Å². The van der Waals surface area contributed by atoms with Crippen LogP contribution in [-0.2, 0) is 16.0 Å². The highest BCUT2D eigenvalue weighted by atomic mass is 35.5. The van der Waals surface area contributed by atoms with E-state index in [1.54, 1.807) is 23.0 Å². The highest BCUT2D eigenvalue weighted by Crippen LogP contribution is 2.36. The van der Waals surface area contributed by atoms with Gasteiger partial charge < -0.3 is 5.32 Å². The van der Waals surface area contributed by atoms with Gasteiger partial charge in [0.25, 0.3) is 5.91 Å².